The second kappa shape index (κ2) is 5.66. The summed E-state index contributed by atoms with van der Waals surface area (Å²) in [7, 11) is 0. The van der Waals surface area contributed by atoms with E-state index < -0.39 is 6.10 Å². The smallest absolute Gasteiger partial charge is 0.148 e. The highest BCUT2D eigenvalue weighted by Gasteiger charge is 2.15. The maximum Gasteiger partial charge on any atom is 0.148 e. The molecule has 0 saturated carbocycles. The number of furan rings is 1. The molecule has 1 N–H and O–H groups in total. The summed E-state index contributed by atoms with van der Waals surface area (Å²) in [5.74, 6) is 0.607. The summed E-state index contributed by atoms with van der Waals surface area (Å²) >= 11 is 3.47. The van der Waals surface area contributed by atoms with E-state index in [2.05, 4.69) is 48.0 Å². The van der Waals surface area contributed by atoms with E-state index in [0.29, 0.717) is 12.2 Å². The highest BCUT2D eigenvalue weighted by molar-refractivity contribution is 9.10. The van der Waals surface area contributed by atoms with E-state index in [-0.39, 0.29) is 0 Å². The second-order valence-electron chi connectivity index (χ2n) is 5.45. The van der Waals surface area contributed by atoms with Gasteiger partial charge in [-0.05, 0) is 58.6 Å². The number of hydrogen-bond acceptors (Lipinski definition) is 2. The Balaban J connectivity index is 1.87. The van der Waals surface area contributed by atoms with Gasteiger partial charge < -0.3 is 9.52 Å². The standard InChI is InChI=1S/C18H17BrO2/c1-11-6-7-13(8-12(11)2)9-16(20)17-10-14-4-3-5-15(19)18(14)21-17/h3-8,10,16,20H,9H2,1-2H3. The van der Waals surface area contributed by atoms with Crippen LogP contribution < -0.4 is 0 Å². The fourth-order valence-electron chi connectivity index (χ4n) is 2.47. The van der Waals surface area contributed by atoms with Crippen molar-refractivity contribution in [2.24, 2.45) is 0 Å². The molecule has 1 atom stereocenters. The van der Waals surface area contributed by atoms with Crippen molar-refractivity contribution in [3.05, 3.63) is 69.4 Å². The van der Waals surface area contributed by atoms with Crippen LogP contribution in [0.5, 0.6) is 0 Å². The third-order valence-corrected chi connectivity index (χ3v) is 4.47. The number of rotatable bonds is 3. The molecule has 0 bridgehead atoms. The van der Waals surface area contributed by atoms with Crippen LogP contribution in [-0.2, 0) is 6.42 Å². The Morgan fingerprint density at radius 2 is 1.90 bits per heavy atom. The van der Waals surface area contributed by atoms with Gasteiger partial charge in [0.1, 0.15) is 17.4 Å². The predicted octanol–water partition coefficient (Wildman–Crippen LogP) is 5.09. The molecule has 108 valence electrons. The van der Waals surface area contributed by atoms with Crippen molar-refractivity contribution >= 4 is 26.9 Å². The van der Waals surface area contributed by atoms with E-state index >= 15 is 0 Å². The zero-order chi connectivity index (χ0) is 15.0. The molecule has 0 aliphatic heterocycles. The van der Waals surface area contributed by atoms with Crippen molar-refractivity contribution in [1.82, 2.24) is 0 Å². The summed E-state index contributed by atoms with van der Waals surface area (Å²) in [5.41, 5.74) is 4.41. The van der Waals surface area contributed by atoms with Crippen LogP contribution in [0.2, 0.25) is 0 Å². The maximum atomic E-state index is 10.4. The van der Waals surface area contributed by atoms with E-state index in [1.54, 1.807) is 0 Å². The van der Waals surface area contributed by atoms with E-state index in [1.807, 2.05) is 24.3 Å². The van der Waals surface area contributed by atoms with E-state index in [4.69, 9.17) is 4.42 Å². The molecule has 2 nitrogen and oxygen atoms in total. The summed E-state index contributed by atoms with van der Waals surface area (Å²) in [4.78, 5) is 0. The van der Waals surface area contributed by atoms with Crippen LogP contribution in [-0.4, -0.2) is 5.11 Å². The van der Waals surface area contributed by atoms with Gasteiger partial charge in [-0.2, -0.15) is 0 Å². The van der Waals surface area contributed by atoms with Gasteiger partial charge in [-0.25, -0.2) is 0 Å². The molecule has 21 heavy (non-hydrogen) atoms. The normalized spacial score (nSPS) is 12.8. The quantitative estimate of drug-likeness (QED) is 0.717. The van der Waals surface area contributed by atoms with Gasteiger partial charge in [0.2, 0.25) is 0 Å². The number of hydrogen-bond donors (Lipinski definition) is 1. The van der Waals surface area contributed by atoms with Crippen molar-refractivity contribution in [2.45, 2.75) is 26.4 Å². The van der Waals surface area contributed by atoms with Gasteiger partial charge in [0.25, 0.3) is 0 Å². The fraction of sp³-hybridized carbons (Fsp3) is 0.222. The molecule has 0 aliphatic carbocycles. The monoisotopic (exact) mass is 344 g/mol. The van der Waals surface area contributed by atoms with Gasteiger partial charge in [-0.1, -0.05) is 30.3 Å². The highest BCUT2D eigenvalue weighted by atomic mass is 79.9. The zero-order valence-corrected chi connectivity index (χ0v) is 13.6. The average molecular weight is 345 g/mol. The molecule has 2 aromatic carbocycles. The Labute approximate surface area is 132 Å². The third-order valence-electron chi connectivity index (χ3n) is 3.84. The molecule has 3 aromatic rings. The lowest BCUT2D eigenvalue weighted by molar-refractivity contribution is 0.152. The SMILES string of the molecule is Cc1ccc(CC(O)c2cc3cccc(Br)c3o2)cc1C. The van der Waals surface area contributed by atoms with Crippen LogP contribution >= 0.6 is 15.9 Å². The molecule has 1 heterocycles. The molecule has 0 spiro atoms. The summed E-state index contributed by atoms with van der Waals surface area (Å²) in [6.45, 7) is 4.18. The van der Waals surface area contributed by atoms with Crippen LogP contribution in [0.1, 0.15) is 28.6 Å². The molecule has 1 aromatic heterocycles. The van der Waals surface area contributed by atoms with E-state index in [0.717, 1.165) is 21.0 Å². The molecule has 0 amide bonds. The molecular weight excluding hydrogens is 328 g/mol. The minimum Gasteiger partial charge on any atom is -0.457 e. The highest BCUT2D eigenvalue weighted by Crippen LogP contribution is 2.31. The molecule has 0 radical (unpaired) electrons. The number of benzene rings is 2. The lowest BCUT2D eigenvalue weighted by atomic mass is 10.0. The van der Waals surface area contributed by atoms with E-state index in [1.165, 1.54) is 11.1 Å². The number of aryl methyl sites for hydroxylation is 2. The summed E-state index contributed by atoms with van der Waals surface area (Å²) in [6.07, 6.45) is -0.0788. The van der Waals surface area contributed by atoms with Crippen molar-refractivity contribution in [1.29, 1.82) is 0 Å². The largest absolute Gasteiger partial charge is 0.457 e. The van der Waals surface area contributed by atoms with Crippen molar-refractivity contribution < 1.29 is 9.52 Å². The van der Waals surface area contributed by atoms with Gasteiger partial charge in [-0.15, -0.1) is 0 Å². The molecule has 3 rings (SSSR count). The first-order valence-electron chi connectivity index (χ1n) is 6.97. The molecule has 0 fully saturated rings. The number of aliphatic hydroxyl groups excluding tert-OH is 1. The summed E-state index contributed by atoms with van der Waals surface area (Å²) < 4.78 is 6.70. The maximum absolute atomic E-state index is 10.4. The Morgan fingerprint density at radius 1 is 1.10 bits per heavy atom. The molecule has 0 aliphatic rings. The van der Waals surface area contributed by atoms with Crippen LogP contribution in [0.3, 0.4) is 0 Å². The lowest BCUT2D eigenvalue weighted by Gasteiger charge is -2.09. The van der Waals surface area contributed by atoms with Crippen LogP contribution in [0.25, 0.3) is 11.0 Å². The lowest BCUT2D eigenvalue weighted by Crippen LogP contribution is -2.01. The first-order valence-corrected chi connectivity index (χ1v) is 7.76. The van der Waals surface area contributed by atoms with Crippen LogP contribution in [0, 0.1) is 13.8 Å². The Hall–Kier alpha value is -1.58. The third kappa shape index (κ3) is 2.89. The number of halogens is 1. The first kappa shape index (κ1) is 14.4. The Kier molecular flexibility index (Phi) is 3.87. The fourth-order valence-corrected chi connectivity index (χ4v) is 2.93. The van der Waals surface area contributed by atoms with Crippen molar-refractivity contribution in [2.75, 3.05) is 0 Å². The van der Waals surface area contributed by atoms with Gasteiger partial charge in [0, 0.05) is 11.8 Å². The van der Waals surface area contributed by atoms with Crippen LogP contribution in [0.15, 0.2) is 51.4 Å². The van der Waals surface area contributed by atoms with Gasteiger partial charge in [0.15, 0.2) is 0 Å². The molecule has 1 unspecified atom stereocenters. The Morgan fingerprint density at radius 3 is 2.62 bits per heavy atom. The number of fused-ring (bicyclic) bond motifs is 1. The van der Waals surface area contributed by atoms with Gasteiger partial charge in [0.05, 0.1) is 4.47 Å². The number of para-hydroxylation sites is 1. The average Bonchev–Trinajstić information content (AvgIpc) is 2.89. The zero-order valence-electron chi connectivity index (χ0n) is 12.1. The summed E-state index contributed by atoms with van der Waals surface area (Å²) in [5, 5.41) is 11.4. The predicted molar refractivity (Wildman–Crippen MR) is 88.5 cm³/mol. The van der Waals surface area contributed by atoms with Gasteiger partial charge >= 0.3 is 0 Å². The molecule has 0 saturated heterocycles. The first-order chi connectivity index (χ1) is 10.0. The molecule has 3 heteroatoms. The minimum absolute atomic E-state index is 0.554. The molecular formula is C18H17BrO2. The van der Waals surface area contributed by atoms with E-state index in [9.17, 15) is 5.11 Å². The second-order valence-corrected chi connectivity index (χ2v) is 6.30. The Bertz CT molecular complexity index is 789. The minimum atomic E-state index is -0.633. The van der Waals surface area contributed by atoms with Gasteiger partial charge in [-0.3, -0.25) is 0 Å². The van der Waals surface area contributed by atoms with Crippen molar-refractivity contribution in [3.8, 4) is 0 Å². The topological polar surface area (TPSA) is 33.4 Å². The number of aliphatic hydroxyl groups is 1. The van der Waals surface area contributed by atoms with Crippen molar-refractivity contribution in [3.63, 3.8) is 0 Å². The van der Waals surface area contributed by atoms with Crippen LogP contribution in [0.4, 0.5) is 0 Å². The summed E-state index contributed by atoms with van der Waals surface area (Å²) in [6, 6.07) is 14.1.